The van der Waals surface area contributed by atoms with Gasteiger partial charge in [-0.1, -0.05) is 0 Å². The van der Waals surface area contributed by atoms with E-state index in [1.165, 1.54) is 0 Å². The van der Waals surface area contributed by atoms with Crippen molar-refractivity contribution in [1.82, 2.24) is 0 Å². The molecule has 0 aliphatic carbocycles. The van der Waals surface area contributed by atoms with Crippen LogP contribution < -0.4 is 29.6 Å². The van der Waals surface area contributed by atoms with Crippen LogP contribution in [0, 0.1) is 0 Å². The molecule has 0 radical (unpaired) electrons. The quantitative estimate of drug-likeness (QED) is 0.353. The fourth-order valence-corrected chi connectivity index (χ4v) is 2.90. The number of benzene rings is 2. The summed E-state index contributed by atoms with van der Waals surface area (Å²) in [6.45, 7) is 0. The summed E-state index contributed by atoms with van der Waals surface area (Å²) >= 11 is 0. The van der Waals surface area contributed by atoms with Crippen LogP contribution in [0.5, 0.6) is 11.5 Å². The molecule has 2 rings (SSSR count). The zero-order valence-electron chi connectivity index (χ0n) is 10.5. The van der Waals surface area contributed by atoms with Crippen molar-refractivity contribution in [3.05, 3.63) is 24.3 Å². The summed E-state index contributed by atoms with van der Waals surface area (Å²) in [6, 6.07) is 3.47. The molecule has 0 aliphatic rings. The van der Waals surface area contributed by atoms with Crippen molar-refractivity contribution in [2.45, 2.75) is 9.79 Å². The zero-order valence-corrected chi connectivity index (χ0v) is 14.2. The second-order valence-electron chi connectivity index (χ2n) is 3.94. The van der Waals surface area contributed by atoms with E-state index in [0.29, 0.717) is 0 Å². The maximum atomic E-state index is 11.0. The SMILES string of the molecule is O=S(=O)(O)c1cc2cc(S(=O)(=O)O)c(O)cc2cc1O.[Na+]. The number of aromatic hydroxyl groups is 2. The minimum absolute atomic E-state index is 0. The van der Waals surface area contributed by atoms with E-state index in [4.69, 9.17) is 9.11 Å². The summed E-state index contributed by atoms with van der Waals surface area (Å²) in [7, 11) is -9.42. The monoisotopic (exact) mass is 343 g/mol. The van der Waals surface area contributed by atoms with E-state index >= 15 is 0 Å². The van der Waals surface area contributed by atoms with Gasteiger partial charge in [0.15, 0.2) is 0 Å². The van der Waals surface area contributed by atoms with E-state index < -0.39 is 41.5 Å². The summed E-state index contributed by atoms with van der Waals surface area (Å²) in [6.07, 6.45) is 0. The van der Waals surface area contributed by atoms with Gasteiger partial charge in [-0.25, -0.2) is 0 Å². The first-order chi connectivity index (χ1) is 9.00. The molecule has 108 valence electrons. The molecule has 2 aromatic carbocycles. The van der Waals surface area contributed by atoms with Crippen LogP contribution in [0.25, 0.3) is 10.8 Å². The molecule has 11 heteroatoms. The number of hydrogen-bond donors (Lipinski definition) is 4. The average molecular weight is 343 g/mol. The van der Waals surface area contributed by atoms with Crippen molar-refractivity contribution in [2.75, 3.05) is 0 Å². The Morgan fingerprint density at radius 1 is 0.667 bits per heavy atom. The average Bonchev–Trinajstić information content (AvgIpc) is 2.24. The number of hydrogen-bond acceptors (Lipinski definition) is 6. The Balaban J connectivity index is 0.00000220. The molecule has 0 saturated heterocycles. The maximum absolute atomic E-state index is 11.0. The van der Waals surface area contributed by atoms with E-state index in [1.807, 2.05) is 0 Å². The minimum atomic E-state index is -4.71. The molecule has 8 nitrogen and oxygen atoms in total. The Hall–Kier alpha value is -0.880. The predicted molar refractivity (Wildman–Crippen MR) is 66.9 cm³/mol. The smallest absolute Gasteiger partial charge is 0.506 e. The third-order valence-corrected chi connectivity index (χ3v) is 4.32. The molecule has 0 bridgehead atoms. The standard InChI is InChI=1S/C10H8O8S2.Na/c11-7-1-5-2-8(12)10(20(16,17)18)4-6(5)3-9(7)19(13,14)15;/h1-4,11-12H,(H,13,14,15)(H,16,17,18);/q;+1. The van der Waals surface area contributed by atoms with Crippen LogP contribution in [0.3, 0.4) is 0 Å². The van der Waals surface area contributed by atoms with Crippen molar-refractivity contribution >= 4 is 31.0 Å². The summed E-state index contributed by atoms with van der Waals surface area (Å²) < 4.78 is 61.9. The van der Waals surface area contributed by atoms with Crippen LogP contribution in [-0.2, 0) is 20.2 Å². The van der Waals surface area contributed by atoms with Gasteiger partial charge in [-0.3, -0.25) is 9.11 Å². The van der Waals surface area contributed by atoms with Crippen LogP contribution in [0.4, 0.5) is 0 Å². The molecule has 0 heterocycles. The van der Waals surface area contributed by atoms with Gasteiger partial charge in [-0.05, 0) is 35.0 Å². The second kappa shape index (κ2) is 5.72. The summed E-state index contributed by atoms with van der Waals surface area (Å²) in [4.78, 5) is -1.64. The molecule has 0 saturated carbocycles. The molecule has 2 aromatic rings. The van der Waals surface area contributed by atoms with Gasteiger partial charge in [0, 0.05) is 0 Å². The zero-order chi connectivity index (χ0) is 15.3. The van der Waals surface area contributed by atoms with Crippen molar-refractivity contribution < 1.29 is 65.7 Å². The van der Waals surface area contributed by atoms with E-state index in [0.717, 1.165) is 24.3 Å². The van der Waals surface area contributed by atoms with E-state index in [-0.39, 0.29) is 40.3 Å². The van der Waals surface area contributed by atoms with Crippen LogP contribution in [-0.4, -0.2) is 36.2 Å². The number of rotatable bonds is 2. The van der Waals surface area contributed by atoms with Gasteiger partial charge in [-0.2, -0.15) is 16.8 Å². The Labute approximate surface area is 141 Å². The van der Waals surface area contributed by atoms with Crippen LogP contribution in [0.15, 0.2) is 34.1 Å². The van der Waals surface area contributed by atoms with E-state index in [9.17, 15) is 27.0 Å². The number of phenolic OH excluding ortho intramolecular Hbond substituents is 2. The molecule has 0 aromatic heterocycles. The van der Waals surface area contributed by atoms with Gasteiger partial charge >= 0.3 is 29.6 Å². The molecule has 0 amide bonds. The van der Waals surface area contributed by atoms with E-state index in [2.05, 4.69) is 0 Å². The third-order valence-electron chi connectivity index (χ3n) is 2.55. The molecule has 0 fully saturated rings. The Kier molecular flexibility index (Phi) is 4.95. The van der Waals surface area contributed by atoms with Crippen molar-refractivity contribution in [3.63, 3.8) is 0 Å². The Bertz CT molecular complexity index is 845. The van der Waals surface area contributed by atoms with Gasteiger partial charge in [0.05, 0.1) is 0 Å². The molecule has 0 aliphatic heterocycles. The van der Waals surface area contributed by atoms with Gasteiger partial charge in [0.2, 0.25) is 0 Å². The molecule has 0 atom stereocenters. The normalized spacial score (nSPS) is 12.1. The van der Waals surface area contributed by atoms with Gasteiger partial charge < -0.3 is 10.2 Å². The third kappa shape index (κ3) is 3.66. The molecule has 4 N–H and O–H groups in total. The first-order valence-corrected chi connectivity index (χ1v) is 7.83. The summed E-state index contributed by atoms with van der Waals surface area (Å²) in [5.74, 6) is -1.53. The Morgan fingerprint density at radius 3 is 1.24 bits per heavy atom. The number of phenols is 2. The Morgan fingerprint density at radius 2 is 0.952 bits per heavy atom. The predicted octanol–water partition coefficient (Wildman–Crippen LogP) is -2.25. The molecular formula is C10H8NaO8S2+. The molecule has 0 unspecified atom stereocenters. The van der Waals surface area contributed by atoms with Crippen LogP contribution in [0.2, 0.25) is 0 Å². The first-order valence-electron chi connectivity index (χ1n) is 4.95. The van der Waals surface area contributed by atoms with Gasteiger partial charge in [0.1, 0.15) is 21.3 Å². The van der Waals surface area contributed by atoms with Crippen molar-refractivity contribution in [2.24, 2.45) is 0 Å². The largest absolute Gasteiger partial charge is 1.00 e. The topological polar surface area (TPSA) is 149 Å². The van der Waals surface area contributed by atoms with E-state index in [1.54, 1.807) is 0 Å². The van der Waals surface area contributed by atoms with Gasteiger partial charge in [0.25, 0.3) is 20.2 Å². The van der Waals surface area contributed by atoms with Crippen LogP contribution in [0.1, 0.15) is 0 Å². The summed E-state index contributed by atoms with van der Waals surface area (Å²) in [5.41, 5.74) is 0. The molecular weight excluding hydrogens is 335 g/mol. The first kappa shape index (κ1) is 18.2. The van der Waals surface area contributed by atoms with Crippen LogP contribution >= 0.6 is 0 Å². The minimum Gasteiger partial charge on any atom is -0.506 e. The fraction of sp³-hybridized carbons (Fsp3) is 0. The second-order valence-corrected chi connectivity index (χ2v) is 6.72. The molecule has 0 spiro atoms. The van der Waals surface area contributed by atoms with Crippen molar-refractivity contribution in [1.29, 1.82) is 0 Å². The number of fused-ring (bicyclic) bond motifs is 1. The summed E-state index contributed by atoms with van der Waals surface area (Å²) in [5, 5.41) is 19.0. The fourth-order valence-electron chi connectivity index (χ4n) is 1.70. The molecule has 21 heavy (non-hydrogen) atoms. The maximum Gasteiger partial charge on any atom is 1.00 e. The van der Waals surface area contributed by atoms with Crippen molar-refractivity contribution in [3.8, 4) is 11.5 Å². The van der Waals surface area contributed by atoms with Gasteiger partial charge in [-0.15, -0.1) is 0 Å².